The number of hydrogen-bond acceptors (Lipinski definition) is 4. The van der Waals surface area contributed by atoms with Gasteiger partial charge in [0.05, 0.1) is 11.6 Å². The van der Waals surface area contributed by atoms with E-state index in [2.05, 4.69) is 15.9 Å². The molecule has 0 aliphatic rings. The minimum absolute atomic E-state index is 0.121. The van der Waals surface area contributed by atoms with Gasteiger partial charge in [-0.15, -0.1) is 0 Å². The number of halogens is 1. The maximum Gasteiger partial charge on any atom is 0.363 e. The number of fused-ring (bicyclic) bond motifs is 1. The predicted octanol–water partition coefficient (Wildman–Crippen LogP) is 3.53. The molecule has 0 aliphatic carbocycles. The summed E-state index contributed by atoms with van der Waals surface area (Å²) in [7, 11) is 1.58. The second kappa shape index (κ2) is 3.16. The Morgan fingerprint density at radius 2 is 1.92 bits per heavy atom. The van der Waals surface area contributed by atoms with Gasteiger partial charge in [-0.3, -0.25) is 0 Å². The molecule has 13 heavy (non-hydrogen) atoms. The lowest BCUT2D eigenvalue weighted by Crippen LogP contribution is -1.82. The second-order valence-corrected chi connectivity index (χ2v) is 3.58. The van der Waals surface area contributed by atoms with Crippen molar-refractivity contribution in [2.45, 2.75) is 0 Å². The lowest BCUT2D eigenvalue weighted by Gasteiger charge is -2.00. The Labute approximate surface area is 87.4 Å². The first kappa shape index (κ1) is 8.77. The highest BCUT2D eigenvalue weighted by molar-refractivity contribution is 9.10. The number of rotatable bonds is 1. The summed E-state index contributed by atoms with van der Waals surface area (Å²) in [6.07, 6.45) is 0. The zero-order chi connectivity index (χ0) is 9.42. The molecule has 0 unspecified atom stereocenters. The lowest BCUT2D eigenvalue weighted by atomic mass is 10.3. The van der Waals surface area contributed by atoms with Crippen LogP contribution in [0.4, 0.5) is 0 Å². The summed E-state index contributed by atoms with van der Waals surface area (Å²) < 4.78 is 16.1. The maximum atomic E-state index is 5.11. The van der Waals surface area contributed by atoms with Gasteiger partial charge < -0.3 is 13.6 Å². The smallest absolute Gasteiger partial charge is 0.363 e. The van der Waals surface area contributed by atoms with Gasteiger partial charge in [0.2, 0.25) is 0 Å². The van der Waals surface area contributed by atoms with E-state index in [9.17, 15) is 0 Å². The monoisotopic (exact) mass is 260 g/mol. The standard InChI is InChI=1S/C8H5BrO3S/c1-10-5-3-7-6(2-4(5)9)11-8(13)12-7/h2-3H,1H3. The Balaban J connectivity index is 2.80. The largest absolute Gasteiger partial charge is 0.495 e. The number of ether oxygens (including phenoxy) is 1. The minimum Gasteiger partial charge on any atom is -0.495 e. The molecule has 0 saturated carbocycles. The van der Waals surface area contributed by atoms with Crippen molar-refractivity contribution < 1.29 is 13.6 Å². The van der Waals surface area contributed by atoms with Gasteiger partial charge >= 0.3 is 4.90 Å². The highest BCUT2D eigenvalue weighted by atomic mass is 79.9. The van der Waals surface area contributed by atoms with E-state index >= 15 is 0 Å². The van der Waals surface area contributed by atoms with Crippen molar-refractivity contribution in [1.82, 2.24) is 0 Å². The Morgan fingerprint density at radius 1 is 1.31 bits per heavy atom. The van der Waals surface area contributed by atoms with Crippen LogP contribution < -0.4 is 4.74 Å². The fourth-order valence-corrected chi connectivity index (χ4v) is 1.70. The van der Waals surface area contributed by atoms with Crippen LogP contribution in [0.2, 0.25) is 0 Å². The van der Waals surface area contributed by atoms with Crippen LogP contribution in [0.1, 0.15) is 0 Å². The zero-order valence-corrected chi connectivity index (χ0v) is 9.07. The number of hydrogen-bond donors (Lipinski definition) is 0. The average molecular weight is 261 g/mol. The summed E-state index contributed by atoms with van der Waals surface area (Å²) in [6, 6.07) is 3.48. The van der Waals surface area contributed by atoms with E-state index in [0.717, 1.165) is 4.47 Å². The van der Waals surface area contributed by atoms with E-state index in [1.54, 1.807) is 19.2 Å². The van der Waals surface area contributed by atoms with Crippen molar-refractivity contribution in [3.8, 4) is 5.75 Å². The Kier molecular flexibility index (Phi) is 2.13. The first-order valence-corrected chi connectivity index (χ1v) is 4.68. The molecule has 5 heteroatoms. The summed E-state index contributed by atoms with van der Waals surface area (Å²) >= 11 is 8.07. The van der Waals surface area contributed by atoms with Gasteiger partial charge in [0.15, 0.2) is 11.2 Å². The Morgan fingerprint density at radius 3 is 2.54 bits per heavy atom. The molecule has 1 heterocycles. The van der Waals surface area contributed by atoms with Gasteiger partial charge in [-0.25, -0.2) is 0 Å². The summed E-state index contributed by atoms with van der Waals surface area (Å²) in [4.78, 5) is 0.121. The third kappa shape index (κ3) is 1.49. The normalized spacial score (nSPS) is 10.6. The molecular weight excluding hydrogens is 256 g/mol. The van der Waals surface area contributed by atoms with Crippen LogP contribution >= 0.6 is 28.1 Å². The summed E-state index contributed by atoms with van der Waals surface area (Å²) in [5.74, 6) is 0.687. The first-order valence-electron chi connectivity index (χ1n) is 3.48. The molecule has 68 valence electrons. The highest BCUT2D eigenvalue weighted by Gasteiger charge is 2.07. The van der Waals surface area contributed by atoms with Gasteiger partial charge in [-0.05, 0) is 15.9 Å². The Hall–Kier alpha value is -0.810. The molecule has 1 aromatic heterocycles. The molecule has 2 aromatic rings. The predicted molar refractivity (Wildman–Crippen MR) is 53.6 cm³/mol. The van der Waals surface area contributed by atoms with Gasteiger partial charge in [0, 0.05) is 24.4 Å². The van der Waals surface area contributed by atoms with Crippen molar-refractivity contribution in [2.24, 2.45) is 0 Å². The SMILES string of the molecule is COc1cc2oc(=S)oc2cc1Br. The van der Waals surface area contributed by atoms with E-state index in [0.29, 0.717) is 16.9 Å². The fraction of sp³-hybridized carbons (Fsp3) is 0.125. The molecule has 0 saturated heterocycles. The number of methoxy groups -OCH3 is 1. The molecule has 0 atom stereocenters. The van der Waals surface area contributed by atoms with E-state index in [4.69, 9.17) is 25.8 Å². The molecule has 0 bridgehead atoms. The van der Waals surface area contributed by atoms with Crippen molar-refractivity contribution in [3.63, 3.8) is 0 Å². The van der Waals surface area contributed by atoms with Crippen molar-refractivity contribution in [3.05, 3.63) is 21.5 Å². The average Bonchev–Trinajstić information content (AvgIpc) is 2.42. The van der Waals surface area contributed by atoms with E-state index in [1.165, 1.54) is 0 Å². The second-order valence-electron chi connectivity index (χ2n) is 2.39. The molecule has 0 aliphatic heterocycles. The third-order valence-corrected chi connectivity index (χ3v) is 2.39. The molecule has 0 spiro atoms. The van der Waals surface area contributed by atoms with E-state index in [1.807, 2.05) is 0 Å². The molecule has 0 radical (unpaired) electrons. The summed E-state index contributed by atoms with van der Waals surface area (Å²) in [5, 5.41) is 0. The Bertz CT molecular complexity index is 500. The van der Waals surface area contributed by atoms with Crippen LogP contribution in [-0.2, 0) is 0 Å². The van der Waals surface area contributed by atoms with Crippen molar-refractivity contribution in [2.75, 3.05) is 7.11 Å². The topological polar surface area (TPSA) is 35.5 Å². The molecule has 1 aromatic carbocycles. The lowest BCUT2D eigenvalue weighted by molar-refractivity contribution is 0.411. The van der Waals surface area contributed by atoms with Gasteiger partial charge in [-0.2, -0.15) is 0 Å². The highest BCUT2D eigenvalue weighted by Crippen LogP contribution is 2.30. The summed E-state index contributed by atoms with van der Waals surface area (Å²) in [5.41, 5.74) is 1.20. The fourth-order valence-electron chi connectivity index (χ4n) is 1.03. The molecular formula is C8H5BrO3S. The molecule has 3 nitrogen and oxygen atoms in total. The van der Waals surface area contributed by atoms with Gasteiger partial charge in [0.25, 0.3) is 0 Å². The molecule has 0 N–H and O–H groups in total. The zero-order valence-electron chi connectivity index (χ0n) is 6.67. The summed E-state index contributed by atoms with van der Waals surface area (Å²) in [6.45, 7) is 0. The molecule has 2 rings (SSSR count). The van der Waals surface area contributed by atoms with Crippen molar-refractivity contribution in [1.29, 1.82) is 0 Å². The first-order chi connectivity index (χ1) is 6.20. The van der Waals surface area contributed by atoms with Crippen LogP contribution in [0.5, 0.6) is 5.75 Å². The maximum absolute atomic E-state index is 5.11. The number of benzene rings is 1. The molecule has 0 fully saturated rings. The van der Waals surface area contributed by atoms with Crippen LogP contribution in [0, 0.1) is 4.90 Å². The molecule has 0 amide bonds. The third-order valence-electron chi connectivity index (χ3n) is 1.60. The van der Waals surface area contributed by atoms with Crippen molar-refractivity contribution >= 4 is 39.3 Å². The van der Waals surface area contributed by atoms with Crippen LogP contribution in [-0.4, -0.2) is 7.11 Å². The van der Waals surface area contributed by atoms with Crippen LogP contribution in [0.3, 0.4) is 0 Å². The van der Waals surface area contributed by atoms with Gasteiger partial charge in [0.1, 0.15) is 5.75 Å². The quantitative estimate of drug-likeness (QED) is 0.735. The van der Waals surface area contributed by atoms with E-state index < -0.39 is 0 Å². The van der Waals surface area contributed by atoms with Crippen LogP contribution in [0.15, 0.2) is 25.4 Å². The van der Waals surface area contributed by atoms with E-state index in [-0.39, 0.29) is 4.90 Å². The minimum atomic E-state index is 0.121. The van der Waals surface area contributed by atoms with Crippen LogP contribution in [0.25, 0.3) is 11.2 Å². The van der Waals surface area contributed by atoms with Gasteiger partial charge in [-0.1, -0.05) is 0 Å².